The van der Waals surface area contributed by atoms with Crippen LogP contribution in [0.4, 0.5) is 16.3 Å². The van der Waals surface area contributed by atoms with Gasteiger partial charge in [-0.15, -0.1) is 0 Å². The first-order valence-electron chi connectivity index (χ1n) is 9.40. The van der Waals surface area contributed by atoms with Crippen LogP contribution < -0.4 is 5.32 Å². The van der Waals surface area contributed by atoms with Gasteiger partial charge in [0.1, 0.15) is 11.0 Å². The summed E-state index contributed by atoms with van der Waals surface area (Å²) in [4.78, 5) is 17.5. The van der Waals surface area contributed by atoms with Crippen LogP contribution in [0.15, 0.2) is 23.2 Å². The number of anilines is 2. The van der Waals surface area contributed by atoms with Crippen molar-refractivity contribution in [2.45, 2.75) is 42.7 Å². The molecule has 1 fully saturated rings. The van der Waals surface area contributed by atoms with Crippen LogP contribution in [0.3, 0.4) is 0 Å². The molecule has 2 aromatic rings. The van der Waals surface area contributed by atoms with Crippen molar-refractivity contribution in [2.75, 3.05) is 26.5 Å². The van der Waals surface area contributed by atoms with E-state index in [-0.39, 0.29) is 29.6 Å². The molecule has 1 aliphatic carbocycles. The van der Waals surface area contributed by atoms with E-state index in [1.54, 1.807) is 26.4 Å². The highest BCUT2D eigenvalue weighted by molar-refractivity contribution is 7.89. The molecule has 1 saturated carbocycles. The number of hydrogen-bond donors (Lipinski definition) is 2. The molecule has 0 radical (unpaired) electrons. The van der Waals surface area contributed by atoms with Crippen molar-refractivity contribution in [1.29, 1.82) is 0 Å². The lowest BCUT2D eigenvalue weighted by atomic mass is 10.0. The molecule has 4 rings (SSSR count). The van der Waals surface area contributed by atoms with E-state index in [0.717, 1.165) is 25.0 Å². The van der Waals surface area contributed by atoms with Crippen molar-refractivity contribution in [2.24, 2.45) is 0 Å². The van der Waals surface area contributed by atoms with E-state index < -0.39 is 10.0 Å². The number of aromatic nitrogens is 3. The number of ether oxygens (including phenoxy) is 1. The highest BCUT2D eigenvalue weighted by atomic mass is 32.2. The molecule has 3 heterocycles. The molecule has 1 aliphatic heterocycles. The molecule has 0 spiro atoms. The average molecular weight is 420 g/mol. The van der Waals surface area contributed by atoms with Gasteiger partial charge in [-0.1, -0.05) is 0 Å². The second-order valence-electron chi connectivity index (χ2n) is 7.64. The maximum atomic E-state index is 12.6. The number of carbonyl (C=O) groups excluding carboxylic acids is 1. The fraction of sp³-hybridized carbons (Fsp3) is 0.500. The topological polar surface area (TPSA) is 121 Å². The number of sulfonamides is 1. The van der Waals surface area contributed by atoms with E-state index >= 15 is 0 Å². The van der Waals surface area contributed by atoms with E-state index in [0.29, 0.717) is 17.2 Å². The molecule has 0 saturated heterocycles. The number of fused-ring (bicyclic) bond motifs is 1. The lowest BCUT2D eigenvalue weighted by Gasteiger charge is -2.16. The molecular formula is C18H24N6O4S. The summed E-state index contributed by atoms with van der Waals surface area (Å²) in [7, 11) is 1.31. The Labute approximate surface area is 169 Å². The van der Waals surface area contributed by atoms with E-state index in [1.807, 2.05) is 6.07 Å². The Morgan fingerprint density at radius 2 is 2.17 bits per heavy atom. The monoisotopic (exact) mass is 420 g/mol. The first kappa shape index (κ1) is 19.6. The number of carbonyl (C=O) groups is 1. The van der Waals surface area contributed by atoms with Gasteiger partial charge in [0.2, 0.25) is 10.0 Å². The Kier molecular flexibility index (Phi) is 4.95. The number of hydrogen-bond acceptors (Lipinski definition) is 7. The zero-order valence-corrected chi connectivity index (χ0v) is 17.4. The first-order chi connectivity index (χ1) is 13.8. The predicted octanol–water partition coefficient (Wildman–Crippen LogP) is 2.02. The fourth-order valence-electron chi connectivity index (χ4n) is 3.77. The molecule has 11 heteroatoms. The standard InChI is InChI=1S/C18H24N6O4S/c1-23(2)18(25)28-12-5-4-11(8-12)14-9-16(22-21-14)20-13-6-7-19-15-10-24(3)29(26,27)17(13)15/h6-7,9,11-12H,4-5,8,10H2,1-3H3,(H2,19,20,21,22)/t11-,12+/m0/s1. The Morgan fingerprint density at radius 1 is 1.38 bits per heavy atom. The summed E-state index contributed by atoms with van der Waals surface area (Å²) in [5.74, 6) is 0.739. The van der Waals surface area contributed by atoms with Gasteiger partial charge in [-0.3, -0.25) is 10.1 Å². The summed E-state index contributed by atoms with van der Waals surface area (Å²) in [5, 5.41) is 10.4. The molecule has 0 bridgehead atoms. The fourth-order valence-corrected chi connectivity index (χ4v) is 5.18. The number of amides is 1. The van der Waals surface area contributed by atoms with Crippen LogP contribution in [0, 0.1) is 0 Å². The third-order valence-corrected chi connectivity index (χ3v) is 7.26. The first-order valence-corrected chi connectivity index (χ1v) is 10.8. The van der Waals surface area contributed by atoms with Crippen molar-refractivity contribution < 1.29 is 17.9 Å². The van der Waals surface area contributed by atoms with E-state index in [9.17, 15) is 13.2 Å². The average Bonchev–Trinajstić information content (AvgIpc) is 3.35. The lowest BCUT2D eigenvalue weighted by molar-refractivity contribution is 0.0770. The summed E-state index contributed by atoms with van der Waals surface area (Å²) in [6.07, 6.45) is 3.56. The van der Waals surface area contributed by atoms with Gasteiger partial charge in [0.25, 0.3) is 0 Å². The van der Waals surface area contributed by atoms with Gasteiger partial charge in [0, 0.05) is 45.0 Å². The number of H-pyrrole nitrogens is 1. The molecule has 2 aromatic heterocycles. The molecule has 0 aromatic carbocycles. The highest BCUT2D eigenvalue weighted by Crippen LogP contribution is 2.38. The zero-order valence-electron chi connectivity index (χ0n) is 16.5. The Hall–Kier alpha value is -2.66. The van der Waals surface area contributed by atoms with Gasteiger partial charge in [-0.05, 0) is 25.3 Å². The predicted molar refractivity (Wildman–Crippen MR) is 105 cm³/mol. The lowest BCUT2D eigenvalue weighted by Crippen LogP contribution is -2.26. The third kappa shape index (κ3) is 3.67. The summed E-state index contributed by atoms with van der Waals surface area (Å²) in [6.45, 7) is 0.258. The Morgan fingerprint density at radius 3 is 2.93 bits per heavy atom. The SMILES string of the molecule is CN(C)C(=O)O[C@@H]1CC[C@H](c2cc(Nc3ccnc4c3S(=O)(=O)N(C)C4)n[nH]2)C1. The molecule has 0 unspecified atom stereocenters. The Bertz CT molecular complexity index is 1030. The second-order valence-corrected chi connectivity index (χ2v) is 9.62. The molecular weight excluding hydrogens is 396 g/mol. The molecule has 2 aliphatic rings. The normalized spacial score (nSPS) is 23.0. The largest absolute Gasteiger partial charge is 0.446 e. The van der Waals surface area contributed by atoms with Crippen molar-refractivity contribution in [1.82, 2.24) is 24.4 Å². The maximum absolute atomic E-state index is 12.6. The van der Waals surface area contributed by atoms with Crippen LogP contribution >= 0.6 is 0 Å². The van der Waals surface area contributed by atoms with Gasteiger partial charge < -0.3 is 15.0 Å². The molecule has 2 N–H and O–H groups in total. The van der Waals surface area contributed by atoms with E-state index in [4.69, 9.17) is 4.74 Å². The summed E-state index contributed by atoms with van der Waals surface area (Å²) in [6, 6.07) is 3.51. The minimum absolute atomic E-state index is 0.112. The number of rotatable bonds is 4. The maximum Gasteiger partial charge on any atom is 0.409 e. The summed E-state index contributed by atoms with van der Waals surface area (Å²) < 4.78 is 31.9. The van der Waals surface area contributed by atoms with Crippen molar-refractivity contribution in [3.05, 3.63) is 29.7 Å². The van der Waals surface area contributed by atoms with E-state index in [1.165, 1.54) is 16.3 Å². The van der Waals surface area contributed by atoms with Crippen molar-refractivity contribution in [3.8, 4) is 0 Å². The summed E-state index contributed by atoms with van der Waals surface area (Å²) in [5.41, 5.74) is 1.91. The van der Waals surface area contributed by atoms with Crippen LogP contribution in [0.1, 0.15) is 36.6 Å². The van der Waals surface area contributed by atoms with Crippen molar-refractivity contribution >= 4 is 27.6 Å². The number of nitrogens with zero attached hydrogens (tertiary/aromatic N) is 4. The van der Waals surface area contributed by atoms with E-state index in [2.05, 4.69) is 20.5 Å². The van der Waals surface area contributed by atoms with Gasteiger partial charge >= 0.3 is 6.09 Å². The van der Waals surface area contributed by atoms with Gasteiger partial charge in [0.05, 0.1) is 17.9 Å². The minimum atomic E-state index is -3.55. The summed E-state index contributed by atoms with van der Waals surface area (Å²) >= 11 is 0. The molecule has 1 amide bonds. The molecule has 156 valence electrons. The van der Waals surface area contributed by atoms with Gasteiger partial charge in [-0.2, -0.15) is 9.40 Å². The van der Waals surface area contributed by atoms with Crippen LogP contribution in [0.5, 0.6) is 0 Å². The van der Waals surface area contributed by atoms with Crippen LogP contribution in [-0.4, -0.2) is 66.1 Å². The van der Waals surface area contributed by atoms with Crippen LogP contribution in [0.25, 0.3) is 0 Å². The van der Waals surface area contributed by atoms with Crippen molar-refractivity contribution in [3.63, 3.8) is 0 Å². The van der Waals surface area contributed by atoms with Gasteiger partial charge in [-0.25, -0.2) is 13.2 Å². The number of pyridine rings is 1. The number of nitrogens with one attached hydrogen (secondary N) is 2. The molecule has 2 atom stereocenters. The minimum Gasteiger partial charge on any atom is -0.446 e. The highest BCUT2D eigenvalue weighted by Gasteiger charge is 2.36. The van der Waals surface area contributed by atoms with Crippen LogP contribution in [-0.2, 0) is 21.3 Å². The third-order valence-electron chi connectivity index (χ3n) is 5.34. The second kappa shape index (κ2) is 7.30. The number of aromatic amines is 1. The quantitative estimate of drug-likeness (QED) is 0.776. The smallest absolute Gasteiger partial charge is 0.409 e. The van der Waals surface area contributed by atoms with Gasteiger partial charge in [0.15, 0.2) is 5.82 Å². The van der Waals surface area contributed by atoms with Crippen LogP contribution in [0.2, 0.25) is 0 Å². The Balaban J connectivity index is 1.47. The molecule has 29 heavy (non-hydrogen) atoms. The zero-order chi connectivity index (χ0) is 20.8. The molecule has 10 nitrogen and oxygen atoms in total.